The quantitative estimate of drug-likeness (QED) is 0.273. The van der Waals surface area contributed by atoms with Crippen molar-refractivity contribution >= 4 is 19.8 Å². The Morgan fingerprint density at radius 3 is 2.17 bits per heavy atom. The molecule has 0 bridgehead atoms. The highest BCUT2D eigenvalue weighted by atomic mass is 31.2. The normalized spacial score (nSPS) is 12.7. The third-order valence-electron chi connectivity index (χ3n) is 3.18. The maximum atomic E-state index is 11.6. The molecule has 0 unspecified atom stereocenters. The Kier molecular flexibility index (Phi) is 12.8. The zero-order valence-corrected chi connectivity index (χ0v) is 15.3. The van der Waals surface area contributed by atoms with Gasteiger partial charge in [0.1, 0.15) is 6.61 Å². The summed E-state index contributed by atoms with van der Waals surface area (Å²) in [5.74, 6) is -1.000. The van der Waals surface area contributed by atoms with Crippen molar-refractivity contribution in [2.24, 2.45) is 0 Å². The molecule has 0 aliphatic heterocycles. The molecule has 9 heteroatoms. The Labute approximate surface area is 143 Å². The summed E-state index contributed by atoms with van der Waals surface area (Å²) in [6.07, 6.45) is 5.57. The van der Waals surface area contributed by atoms with E-state index in [0.717, 1.165) is 32.1 Å². The van der Waals surface area contributed by atoms with Gasteiger partial charge in [-0.2, -0.15) is 0 Å². The molecule has 2 N–H and O–H groups in total. The Morgan fingerprint density at radius 1 is 0.958 bits per heavy atom. The van der Waals surface area contributed by atoms with Crippen LogP contribution in [-0.4, -0.2) is 41.0 Å². The Morgan fingerprint density at radius 2 is 1.58 bits per heavy atom. The largest absolute Gasteiger partial charge is 0.469 e. The zero-order valence-electron chi connectivity index (χ0n) is 14.4. The van der Waals surface area contributed by atoms with Crippen molar-refractivity contribution in [1.29, 1.82) is 0 Å². The number of rotatable bonds is 14. The number of esters is 2. The van der Waals surface area contributed by atoms with Crippen LogP contribution >= 0.6 is 7.82 Å². The van der Waals surface area contributed by atoms with Crippen molar-refractivity contribution in [2.75, 3.05) is 13.2 Å². The van der Waals surface area contributed by atoms with Gasteiger partial charge in [0.25, 0.3) is 0 Å². The number of carbonyl (C=O) groups excluding carboxylic acids is 2. The van der Waals surface area contributed by atoms with E-state index in [4.69, 9.17) is 19.3 Å². The Hall–Kier alpha value is -0.950. The number of phosphoric acid groups is 1. The smallest absolute Gasteiger partial charge is 0.462 e. The molecule has 0 aliphatic rings. The highest BCUT2D eigenvalue weighted by Gasteiger charge is 2.22. The molecular formula is C15H29O8P. The molecule has 0 rings (SSSR count). The molecule has 0 aromatic carbocycles. The summed E-state index contributed by atoms with van der Waals surface area (Å²) in [6.45, 7) is 2.88. The zero-order chi connectivity index (χ0) is 18.4. The molecule has 0 spiro atoms. The molecule has 0 aromatic heterocycles. The van der Waals surface area contributed by atoms with Gasteiger partial charge in [-0.3, -0.25) is 14.1 Å². The van der Waals surface area contributed by atoms with E-state index in [1.165, 1.54) is 6.42 Å². The minimum atomic E-state index is -4.68. The molecule has 0 saturated carbocycles. The van der Waals surface area contributed by atoms with Gasteiger partial charge in [0.15, 0.2) is 6.10 Å². The van der Waals surface area contributed by atoms with E-state index in [2.05, 4.69) is 11.4 Å². The molecule has 0 amide bonds. The lowest BCUT2D eigenvalue weighted by atomic mass is 10.1. The van der Waals surface area contributed by atoms with Crippen LogP contribution in [0, 0.1) is 0 Å². The van der Waals surface area contributed by atoms with Gasteiger partial charge in [-0.05, 0) is 6.42 Å². The first-order chi connectivity index (χ1) is 11.3. The summed E-state index contributed by atoms with van der Waals surface area (Å²) in [6, 6.07) is 0. The van der Waals surface area contributed by atoms with Crippen LogP contribution in [0.5, 0.6) is 0 Å². The van der Waals surface area contributed by atoms with Gasteiger partial charge in [-0.25, -0.2) is 4.57 Å². The molecule has 0 saturated heterocycles. The number of hydrogen-bond acceptors (Lipinski definition) is 6. The molecule has 0 radical (unpaired) electrons. The lowest BCUT2D eigenvalue weighted by Crippen LogP contribution is -2.29. The van der Waals surface area contributed by atoms with E-state index >= 15 is 0 Å². The van der Waals surface area contributed by atoms with E-state index in [0.29, 0.717) is 0 Å². The van der Waals surface area contributed by atoms with Gasteiger partial charge >= 0.3 is 19.8 Å². The molecule has 24 heavy (non-hydrogen) atoms. The second-order valence-corrected chi connectivity index (χ2v) is 6.69. The molecule has 0 fully saturated rings. The maximum Gasteiger partial charge on any atom is 0.469 e. The van der Waals surface area contributed by atoms with E-state index in [9.17, 15) is 14.2 Å². The van der Waals surface area contributed by atoms with Crippen LogP contribution in [0.25, 0.3) is 0 Å². The van der Waals surface area contributed by atoms with Crippen molar-refractivity contribution in [2.45, 2.75) is 71.3 Å². The molecule has 1 atom stereocenters. The van der Waals surface area contributed by atoms with Crippen LogP contribution in [0.4, 0.5) is 0 Å². The van der Waals surface area contributed by atoms with Crippen molar-refractivity contribution in [3.8, 4) is 0 Å². The van der Waals surface area contributed by atoms with Crippen molar-refractivity contribution in [3.63, 3.8) is 0 Å². The van der Waals surface area contributed by atoms with E-state index in [1.807, 2.05) is 0 Å². The minimum absolute atomic E-state index is 0.0954. The summed E-state index contributed by atoms with van der Waals surface area (Å²) in [7, 11) is -4.68. The van der Waals surface area contributed by atoms with Gasteiger partial charge in [0, 0.05) is 12.8 Å². The predicted octanol–water partition coefficient (Wildman–Crippen LogP) is 2.71. The van der Waals surface area contributed by atoms with Crippen LogP contribution in [-0.2, 0) is 28.2 Å². The fraction of sp³-hybridized carbons (Fsp3) is 0.867. The summed E-state index contributed by atoms with van der Waals surface area (Å²) in [4.78, 5) is 40.3. The average molecular weight is 368 g/mol. The minimum Gasteiger partial charge on any atom is -0.462 e. The second-order valence-electron chi connectivity index (χ2n) is 5.45. The number of hydrogen-bond donors (Lipinski definition) is 2. The van der Waals surface area contributed by atoms with E-state index in [-0.39, 0.29) is 19.4 Å². The van der Waals surface area contributed by atoms with E-state index in [1.54, 1.807) is 6.92 Å². The van der Waals surface area contributed by atoms with Crippen LogP contribution in [0.3, 0.4) is 0 Å². The standard InChI is InChI=1S/C15H29O8P/c1-3-5-6-7-8-9-10-15(17)21-11-13(23-14(16)4-2)12-22-24(18,19)20/h13H,3-12H2,1-2H3,(H2,18,19,20)/t13-/m1/s1. The van der Waals surface area contributed by atoms with Gasteiger partial charge in [0.05, 0.1) is 6.61 Å². The summed E-state index contributed by atoms with van der Waals surface area (Å²) >= 11 is 0. The lowest BCUT2D eigenvalue weighted by Gasteiger charge is -2.18. The molecule has 0 aromatic rings. The third-order valence-corrected chi connectivity index (χ3v) is 3.67. The molecule has 142 valence electrons. The maximum absolute atomic E-state index is 11.6. The predicted molar refractivity (Wildman–Crippen MR) is 87.1 cm³/mol. The first kappa shape index (κ1) is 23.1. The second kappa shape index (κ2) is 13.4. The van der Waals surface area contributed by atoms with Crippen LogP contribution in [0.15, 0.2) is 0 Å². The van der Waals surface area contributed by atoms with Crippen molar-refractivity contribution < 1.29 is 37.9 Å². The van der Waals surface area contributed by atoms with Gasteiger partial charge in [-0.15, -0.1) is 0 Å². The highest BCUT2D eigenvalue weighted by molar-refractivity contribution is 7.46. The van der Waals surface area contributed by atoms with Crippen LogP contribution < -0.4 is 0 Å². The number of unbranched alkanes of at least 4 members (excludes halogenated alkanes) is 5. The number of carbonyl (C=O) groups is 2. The third kappa shape index (κ3) is 14.6. The first-order valence-electron chi connectivity index (χ1n) is 8.33. The summed E-state index contributed by atoms with van der Waals surface area (Å²) in [5, 5.41) is 0. The molecule has 8 nitrogen and oxygen atoms in total. The first-order valence-corrected chi connectivity index (χ1v) is 9.86. The lowest BCUT2D eigenvalue weighted by molar-refractivity contribution is -0.160. The average Bonchev–Trinajstić information content (AvgIpc) is 2.52. The van der Waals surface area contributed by atoms with E-state index < -0.39 is 32.5 Å². The fourth-order valence-corrected chi connectivity index (χ4v) is 2.23. The Balaban J connectivity index is 4.07. The highest BCUT2D eigenvalue weighted by Crippen LogP contribution is 2.35. The fourth-order valence-electron chi connectivity index (χ4n) is 1.87. The van der Waals surface area contributed by atoms with Crippen molar-refractivity contribution in [3.05, 3.63) is 0 Å². The Bertz CT molecular complexity index is 406. The van der Waals surface area contributed by atoms with Crippen LogP contribution in [0.1, 0.15) is 65.2 Å². The molecule has 0 aliphatic carbocycles. The molecule has 0 heterocycles. The summed E-state index contributed by atoms with van der Waals surface area (Å²) < 4.78 is 24.9. The number of phosphoric ester groups is 1. The SMILES string of the molecule is CCCCCCCCC(=O)OC[C@H](COP(=O)(O)O)OC(=O)CC. The topological polar surface area (TPSA) is 119 Å². The van der Waals surface area contributed by atoms with Crippen LogP contribution in [0.2, 0.25) is 0 Å². The van der Waals surface area contributed by atoms with Crippen molar-refractivity contribution in [1.82, 2.24) is 0 Å². The van der Waals surface area contributed by atoms with Gasteiger partial charge in [-0.1, -0.05) is 46.0 Å². The molecular weight excluding hydrogens is 339 g/mol. The van der Waals surface area contributed by atoms with Gasteiger partial charge < -0.3 is 19.3 Å². The summed E-state index contributed by atoms with van der Waals surface area (Å²) in [5.41, 5.74) is 0. The monoisotopic (exact) mass is 368 g/mol. The van der Waals surface area contributed by atoms with Gasteiger partial charge in [0.2, 0.25) is 0 Å². The number of ether oxygens (including phenoxy) is 2.